The molecule has 2 nitrogen and oxygen atoms in total. The molecule has 1 aliphatic heterocycles. The molecule has 0 amide bonds. The molecule has 3 heteroatoms. The summed E-state index contributed by atoms with van der Waals surface area (Å²) in [6.07, 6.45) is 1.86. The fourth-order valence-electron chi connectivity index (χ4n) is 2.01. The predicted octanol–water partition coefficient (Wildman–Crippen LogP) is 3.26. The number of ether oxygens (including phenoxy) is 1. The Hall–Kier alpha value is -0.860. The Morgan fingerprint density at radius 1 is 1.50 bits per heavy atom. The molecular formula is C13H15ClO2. The second kappa shape index (κ2) is 4.98. The van der Waals surface area contributed by atoms with Gasteiger partial charge in [0.1, 0.15) is 0 Å². The Balaban J connectivity index is 2.22. The number of carbonyl (C=O) groups excluding carboxylic acids is 1. The molecule has 0 radical (unpaired) electrons. The summed E-state index contributed by atoms with van der Waals surface area (Å²) in [4.78, 5) is 12.2. The Bertz CT molecular complexity index is 395. The molecule has 1 saturated heterocycles. The van der Waals surface area contributed by atoms with Crippen molar-refractivity contribution in [2.45, 2.75) is 19.8 Å². The molecule has 1 unspecified atom stereocenters. The van der Waals surface area contributed by atoms with Crippen molar-refractivity contribution in [2.75, 3.05) is 13.2 Å². The first-order valence-corrected chi connectivity index (χ1v) is 5.95. The smallest absolute Gasteiger partial charge is 0.169 e. The predicted molar refractivity (Wildman–Crippen MR) is 64.1 cm³/mol. The molecule has 1 atom stereocenters. The van der Waals surface area contributed by atoms with Crippen LogP contribution in [0.4, 0.5) is 0 Å². The molecule has 1 heterocycles. The molecule has 16 heavy (non-hydrogen) atoms. The normalized spacial score (nSPS) is 20.8. The summed E-state index contributed by atoms with van der Waals surface area (Å²) in [6, 6.07) is 5.58. The fraction of sp³-hybridized carbons (Fsp3) is 0.462. The average Bonchev–Trinajstić information content (AvgIpc) is 2.33. The van der Waals surface area contributed by atoms with Gasteiger partial charge in [-0.25, -0.2) is 0 Å². The van der Waals surface area contributed by atoms with E-state index < -0.39 is 0 Å². The van der Waals surface area contributed by atoms with Gasteiger partial charge in [0, 0.05) is 18.1 Å². The first kappa shape index (κ1) is 11.6. The van der Waals surface area contributed by atoms with E-state index in [0.29, 0.717) is 17.2 Å². The number of ketones is 1. The number of benzene rings is 1. The maximum atomic E-state index is 12.2. The lowest BCUT2D eigenvalue weighted by Crippen LogP contribution is -2.25. The minimum atomic E-state index is -0.0203. The van der Waals surface area contributed by atoms with E-state index in [9.17, 15) is 4.79 Å². The van der Waals surface area contributed by atoms with E-state index in [1.54, 1.807) is 6.07 Å². The van der Waals surface area contributed by atoms with Crippen LogP contribution in [0.1, 0.15) is 28.8 Å². The lowest BCUT2D eigenvalue weighted by atomic mass is 9.92. The van der Waals surface area contributed by atoms with Crippen LogP contribution in [0, 0.1) is 12.8 Å². The third kappa shape index (κ3) is 2.28. The van der Waals surface area contributed by atoms with Gasteiger partial charge in [-0.15, -0.1) is 0 Å². The number of hydrogen-bond acceptors (Lipinski definition) is 2. The minimum absolute atomic E-state index is 0.0203. The molecule has 86 valence electrons. The van der Waals surface area contributed by atoms with Crippen LogP contribution in [0.5, 0.6) is 0 Å². The van der Waals surface area contributed by atoms with Gasteiger partial charge in [0.25, 0.3) is 0 Å². The van der Waals surface area contributed by atoms with Crippen LogP contribution in [0.25, 0.3) is 0 Å². The molecule has 2 rings (SSSR count). The van der Waals surface area contributed by atoms with Gasteiger partial charge in [-0.05, 0) is 31.4 Å². The molecule has 0 aromatic heterocycles. The van der Waals surface area contributed by atoms with Crippen LogP contribution in [-0.4, -0.2) is 19.0 Å². The summed E-state index contributed by atoms with van der Waals surface area (Å²) in [5, 5.41) is 0.582. The van der Waals surface area contributed by atoms with Gasteiger partial charge in [0.2, 0.25) is 0 Å². The van der Waals surface area contributed by atoms with Crippen molar-refractivity contribution in [2.24, 2.45) is 5.92 Å². The lowest BCUT2D eigenvalue weighted by molar-refractivity contribution is 0.0461. The highest BCUT2D eigenvalue weighted by molar-refractivity contribution is 6.34. The van der Waals surface area contributed by atoms with E-state index in [1.807, 2.05) is 19.1 Å². The Morgan fingerprint density at radius 2 is 2.31 bits per heavy atom. The quantitative estimate of drug-likeness (QED) is 0.740. The number of halogens is 1. The Kier molecular flexibility index (Phi) is 3.62. The van der Waals surface area contributed by atoms with Crippen LogP contribution in [0.15, 0.2) is 18.2 Å². The third-order valence-electron chi connectivity index (χ3n) is 2.99. The molecule has 1 aromatic carbocycles. The van der Waals surface area contributed by atoms with Crippen molar-refractivity contribution < 1.29 is 9.53 Å². The first-order chi connectivity index (χ1) is 7.70. The highest BCUT2D eigenvalue weighted by atomic mass is 35.5. The van der Waals surface area contributed by atoms with Crippen LogP contribution >= 0.6 is 11.6 Å². The lowest BCUT2D eigenvalue weighted by Gasteiger charge is -2.21. The van der Waals surface area contributed by atoms with Gasteiger partial charge >= 0.3 is 0 Å². The van der Waals surface area contributed by atoms with Crippen molar-refractivity contribution in [3.05, 3.63) is 34.3 Å². The molecule has 1 fully saturated rings. The topological polar surface area (TPSA) is 26.3 Å². The standard InChI is InChI=1S/C13H15ClO2/c1-9-4-2-6-11(12(9)14)13(15)10-5-3-7-16-8-10/h2,4,6,10H,3,5,7-8H2,1H3. The first-order valence-electron chi connectivity index (χ1n) is 5.57. The van der Waals surface area contributed by atoms with Crippen LogP contribution in [0.3, 0.4) is 0 Å². The maximum absolute atomic E-state index is 12.2. The van der Waals surface area contributed by atoms with Gasteiger partial charge in [-0.2, -0.15) is 0 Å². The second-order valence-corrected chi connectivity index (χ2v) is 4.59. The molecule has 0 bridgehead atoms. The van der Waals surface area contributed by atoms with E-state index in [1.165, 1.54) is 0 Å². The highest BCUT2D eigenvalue weighted by Gasteiger charge is 2.24. The molecular weight excluding hydrogens is 224 g/mol. The average molecular weight is 239 g/mol. The summed E-state index contributed by atoms with van der Waals surface area (Å²) >= 11 is 6.15. The SMILES string of the molecule is Cc1cccc(C(=O)C2CCCOC2)c1Cl. The van der Waals surface area contributed by atoms with Gasteiger partial charge in [0.15, 0.2) is 5.78 Å². The highest BCUT2D eigenvalue weighted by Crippen LogP contribution is 2.26. The summed E-state index contributed by atoms with van der Waals surface area (Å²) in [5.41, 5.74) is 1.58. The number of aryl methyl sites for hydroxylation is 1. The van der Waals surface area contributed by atoms with E-state index >= 15 is 0 Å². The van der Waals surface area contributed by atoms with Crippen molar-refractivity contribution >= 4 is 17.4 Å². The number of Topliss-reactive ketones (excluding diaryl/α,β-unsaturated/α-hetero) is 1. The summed E-state index contributed by atoms with van der Waals surface area (Å²) in [6.45, 7) is 3.21. The zero-order valence-corrected chi connectivity index (χ0v) is 10.1. The van der Waals surface area contributed by atoms with Crippen LogP contribution < -0.4 is 0 Å². The number of rotatable bonds is 2. The maximum Gasteiger partial charge on any atom is 0.169 e. The third-order valence-corrected chi connectivity index (χ3v) is 3.49. The summed E-state index contributed by atoms with van der Waals surface area (Å²) < 4.78 is 5.33. The van der Waals surface area contributed by atoms with Crippen molar-refractivity contribution in [3.63, 3.8) is 0 Å². The summed E-state index contributed by atoms with van der Waals surface area (Å²) in [5.74, 6) is 0.0986. The van der Waals surface area contributed by atoms with Gasteiger partial charge < -0.3 is 4.74 Å². The largest absolute Gasteiger partial charge is 0.381 e. The number of hydrogen-bond donors (Lipinski definition) is 0. The van der Waals surface area contributed by atoms with E-state index in [0.717, 1.165) is 25.0 Å². The van der Waals surface area contributed by atoms with Crippen LogP contribution in [0.2, 0.25) is 5.02 Å². The summed E-state index contributed by atoms with van der Waals surface area (Å²) in [7, 11) is 0. The Labute approximate surface area is 101 Å². The van der Waals surface area contributed by atoms with Crippen LogP contribution in [-0.2, 0) is 4.74 Å². The monoisotopic (exact) mass is 238 g/mol. The molecule has 0 N–H and O–H groups in total. The minimum Gasteiger partial charge on any atom is -0.381 e. The van der Waals surface area contributed by atoms with Crippen molar-refractivity contribution in [1.82, 2.24) is 0 Å². The molecule has 0 aliphatic carbocycles. The molecule has 1 aliphatic rings. The zero-order valence-electron chi connectivity index (χ0n) is 9.33. The van der Waals surface area contributed by atoms with E-state index in [4.69, 9.17) is 16.3 Å². The molecule has 0 spiro atoms. The second-order valence-electron chi connectivity index (χ2n) is 4.21. The Morgan fingerprint density at radius 3 is 3.00 bits per heavy atom. The zero-order chi connectivity index (χ0) is 11.5. The van der Waals surface area contributed by atoms with E-state index in [-0.39, 0.29) is 11.7 Å². The van der Waals surface area contributed by atoms with E-state index in [2.05, 4.69) is 0 Å². The van der Waals surface area contributed by atoms with Gasteiger partial charge in [-0.3, -0.25) is 4.79 Å². The van der Waals surface area contributed by atoms with Crippen molar-refractivity contribution in [1.29, 1.82) is 0 Å². The number of carbonyl (C=O) groups is 1. The van der Waals surface area contributed by atoms with Crippen molar-refractivity contribution in [3.8, 4) is 0 Å². The van der Waals surface area contributed by atoms with Gasteiger partial charge in [0.05, 0.1) is 11.6 Å². The van der Waals surface area contributed by atoms with Gasteiger partial charge in [-0.1, -0.05) is 23.7 Å². The molecule has 0 saturated carbocycles. The molecule has 1 aromatic rings. The fourth-order valence-corrected chi connectivity index (χ4v) is 2.22.